The van der Waals surface area contributed by atoms with Crippen molar-refractivity contribution >= 4 is 27.5 Å². The Bertz CT molecular complexity index is 702. The summed E-state index contributed by atoms with van der Waals surface area (Å²) >= 11 is 9.51. The lowest BCUT2D eigenvalue weighted by atomic mass is 10.1. The van der Waals surface area contributed by atoms with E-state index in [1.54, 1.807) is 18.2 Å². The normalized spacial score (nSPS) is 10.1. The van der Waals surface area contributed by atoms with E-state index in [1.165, 1.54) is 0 Å². The zero-order valence-electron chi connectivity index (χ0n) is 12.3. The lowest BCUT2D eigenvalue weighted by Gasteiger charge is -2.11. The molecule has 2 rings (SSSR count). The zero-order chi connectivity index (χ0) is 16.1. The molecule has 114 valence electrons. The molecule has 0 spiro atoms. The molecule has 0 saturated carbocycles. The maximum Gasteiger partial charge on any atom is 0.133 e. The number of rotatable bonds is 5. The van der Waals surface area contributed by atoms with E-state index in [4.69, 9.17) is 26.3 Å². The summed E-state index contributed by atoms with van der Waals surface area (Å²) in [5, 5.41) is 9.58. The van der Waals surface area contributed by atoms with Gasteiger partial charge >= 0.3 is 0 Å². The quantitative estimate of drug-likeness (QED) is 0.682. The SMILES string of the molecule is Cc1cc(OCCOc2ccc(C#N)cc2Br)cc(C)c1Cl. The number of nitrogens with zero attached hydrogens (tertiary/aromatic N) is 1. The maximum atomic E-state index is 8.82. The van der Waals surface area contributed by atoms with Crippen LogP contribution in [0.1, 0.15) is 16.7 Å². The third-order valence-electron chi connectivity index (χ3n) is 3.08. The van der Waals surface area contributed by atoms with Gasteiger partial charge in [0.15, 0.2) is 0 Å². The standard InChI is InChI=1S/C17H15BrClNO2/c1-11-7-14(8-12(2)17(11)19)21-5-6-22-16-4-3-13(10-20)9-15(16)18/h3-4,7-9H,5-6H2,1-2H3. The average Bonchev–Trinajstić information content (AvgIpc) is 2.50. The second kappa shape index (κ2) is 7.53. The molecule has 0 radical (unpaired) electrons. The highest BCUT2D eigenvalue weighted by Gasteiger charge is 2.05. The Balaban J connectivity index is 1.89. The number of hydrogen-bond acceptors (Lipinski definition) is 3. The molecule has 0 unspecified atom stereocenters. The van der Waals surface area contributed by atoms with Crippen molar-refractivity contribution in [3.05, 3.63) is 56.5 Å². The van der Waals surface area contributed by atoms with Gasteiger partial charge in [-0.15, -0.1) is 0 Å². The third kappa shape index (κ3) is 4.16. The maximum absolute atomic E-state index is 8.82. The summed E-state index contributed by atoms with van der Waals surface area (Å²) in [6.45, 7) is 4.73. The number of benzene rings is 2. The predicted octanol–water partition coefficient (Wildman–Crippen LogP) is 5.05. The smallest absolute Gasteiger partial charge is 0.133 e. The van der Waals surface area contributed by atoms with Crippen molar-refractivity contribution in [1.82, 2.24) is 0 Å². The van der Waals surface area contributed by atoms with Crippen molar-refractivity contribution in [3.8, 4) is 17.6 Å². The number of nitriles is 1. The highest BCUT2D eigenvalue weighted by atomic mass is 79.9. The van der Waals surface area contributed by atoms with Crippen molar-refractivity contribution in [1.29, 1.82) is 5.26 Å². The van der Waals surface area contributed by atoms with Gasteiger partial charge in [0.05, 0.1) is 16.1 Å². The van der Waals surface area contributed by atoms with Crippen LogP contribution in [0.5, 0.6) is 11.5 Å². The molecule has 0 fully saturated rings. The Kier molecular flexibility index (Phi) is 5.70. The summed E-state index contributed by atoms with van der Waals surface area (Å²) in [4.78, 5) is 0. The van der Waals surface area contributed by atoms with Gasteiger partial charge in [-0.25, -0.2) is 0 Å². The molecule has 2 aromatic carbocycles. The monoisotopic (exact) mass is 379 g/mol. The molecule has 0 aromatic heterocycles. The molecule has 0 heterocycles. The number of halogens is 2. The number of hydrogen-bond donors (Lipinski definition) is 0. The highest BCUT2D eigenvalue weighted by molar-refractivity contribution is 9.10. The third-order valence-corrected chi connectivity index (χ3v) is 4.30. The molecule has 22 heavy (non-hydrogen) atoms. The number of ether oxygens (including phenoxy) is 2. The van der Waals surface area contributed by atoms with Crippen LogP contribution in [0.3, 0.4) is 0 Å². The molecule has 0 aliphatic carbocycles. The molecule has 0 aliphatic heterocycles. The van der Waals surface area contributed by atoms with E-state index in [2.05, 4.69) is 22.0 Å². The van der Waals surface area contributed by atoms with Crippen molar-refractivity contribution in [2.75, 3.05) is 13.2 Å². The van der Waals surface area contributed by atoms with E-state index < -0.39 is 0 Å². The molecule has 2 aromatic rings. The zero-order valence-corrected chi connectivity index (χ0v) is 14.7. The van der Waals surface area contributed by atoms with Gasteiger partial charge < -0.3 is 9.47 Å². The van der Waals surface area contributed by atoms with Gasteiger partial charge in [-0.3, -0.25) is 0 Å². The van der Waals surface area contributed by atoms with Crippen LogP contribution in [0, 0.1) is 25.2 Å². The molecule has 0 N–H and O–H groups in total. The van der Waals surface area contributed by atoms with Gasteiger partial charge in [0.2, 0.25) is 0 Å². The summed E-state index contributed by atoms with van der Waals surface area (Å²) in [6, 6.07) is 11.1. The van der Waals surface area contributed by atoms with Crippen molar-refractivity contribution in [2.24, 2.45) is 0 Å². The Morgan fingerprint density at radius 1 is 1.09 bits per heavy atom. The van der Waals surface area contributed by atoms with Gasteiger partial charge in [0, 0.05) is 5.02 Å². The predicted molar refractivity (Wildman–Crippen MR) is 90.8 cm³/mol. The Morgan fingerprint density at radius 2 is 1.73 bits per heavy atom. The second-order valence-electron chi connectivity index (χ2n) is 4.82. The molecule has 0 amide bonds. The van der Waals surface area contributed by atoms with Gasteiger partial charge in [-0.05, 0) is 71.2 Å². The van der Waals surface area contributed by atoms with Crippen molar-refractivity contribution in [3.63, 3.8) is 0 Å². The first-order valence-corrected chi connectivity index (χ1v) is 7.90. The molecular weight excluding hydrogens is 366 g/mol. The van der Waals surface area contributed by atoms with Crippen LogP contribution in [0.2, 0.25) is 5.02 Å². The largest absolute Gasteiger partial charge is 0.490 e. The van der Waals surface area contributed by atoms with Crippen LogP contribution in [0.15, 0.2) is 34.8 Å². The van der Waals surface area contributed by atoms with E-state index >= 15 is 0 Å². The van der Waals surface area contributed by atoms with Gasteiger partial charge in [-0.1, -0.05) is 11.6 Å². The van der Waals surface area contributed by atoms with E-state index in [9.17, 15) is 0 Å². The first-order chi connectivity index (χ1) is 10.5. The summed E-state index contributed by atoms with van der Waals surface area (Å²) in [5.41, 5.74) is 2.57. The van der Waals surface area contributed by atoms with Crippen LogP contribution < -0.4 is 9.47 Å². The Labute approximate surface area is 143 Å². The van der Waals surface area contributed by atoms with Crippen molar-refractivity contribution in [2.45, 2.75) is 13.8 Å². The summed E-state index contributed by atoms with van der Waals surface area (Å²) in [6.07, 6.45) is 0. The minimum Gasteiger partial charge on any atom is -0.490 e. The van der Waals surface area contributed by atoms with E-state index in [0.717, 1.165) is 26.4 Å². The van der Waals surface area contributed by atoms with Crippen molar-refractivity contribution < 1.29 is 9.47 Å². The molecule has 5 heteroatoms. The fourth-order valence-electron chi connectivity index (χ4n) is 1.99. The molecule has 0 atom stereocenters. The van der Waals surface area contributed by atoms with Gasteiger partial charge in [0.25, 0.3) is 0 Å². The van der Waals surface area contributed by atoms with Crippen LogP contribution in [-0.2, 0) is 0 Å². The van der Waals surface area contributed by atoms with Crippen LogP contribution in [0.4, 0.5) is 0 Å². The van der Waals surface area contributed by atoms with Crippen LogP contribution >= 0.6 is 27.5 Å². The molecular formula is C17H15BrClNO2. The van der Waals surface area contributed by atoms with E-state index in [0.29, 0.717) is 24.5 Å². The minimum atomic E-state index is 0.408. The first-order valence-electron chi connectivity index (χ1n) is 6.73. The summed E-state index contributed by atoms with van der Waals surface area (Å²) in [7, 11) is 0. The first kappa shape index (κ1) is 16.7. The molecule has 3 nitrogen and oxygen atoms in total. The van der Waals surface area contributed by atoms with Gasteiger partial charge in [-0.2, -0.15) is 5.26 Å². The average molecular weight is 381 g/mol. The van der Waals surface area contributed by atoms with Crippen LogP contribution in [-0.4, -0.2) is 13.2 Å². The highest BCUT2D eigenvalue weighted by Crippen LogP contribution is 2.27. The van der Waals surface area contributed by atoms with Gasteiger partial charge in [0.1, 0.15) is 24.7 Å². The lowest BCUT2D eigenvalue weighted by molar-refractivity contribution is 0.216. The fourth-order valence-corrected chi connectivity index (χ4v) is 2.59. The summed E-state index contributed by atoms with van der Waals surface area (Å²) in [5.74, 6) is 1.47. The summed E-state index contributed by atoms with van der Waals surface area (Å²) < 4.78 is 12.1. The fraction of sp³-hybridized carbons (Fsp3) is 0.235. The minimum absolute atomic E-state index is 0.408. The van der Waals surface area contributed by atoms with E-state index in [-0.39, 0.29) is 0 Å². The van der Waals surface area contributed by atoms with Crippen LogP contribution in [0.25, 0.3) is 0 Å². The Morgan fingerprint density at radius 3 is 2.32 bits per heavy atom. The lowest BCUT2D eigenvalue weighted by Crippen LogP contribution is -2.09. The number of aryl methyl sites for hydroxylation is 2. The van der Waals surface area contributed by atoms with E-state index in [1.807, 2.05) is 26.0 Å². The molecule has 0 aliphatic rings. The second-order valence-corrected chi connectivity index (χ2v) is 6.06. The Hall–Kier alpha value is -1.70. The molecule has 0 saturated heterocycles. The molecule has 0 bridgehead atoms. The topological polar surface area (TPSA) is 42.2 Å².